The molecule has 0 aliphatic heterocycles. The van der Waals surface area contributed by atoms with Gasteiger partial charge in [-0.1, -0.05) is 36.4 Å². The van der Waals surface area contributed by atoms with Crippen LogP contribution in [0.15, 0.2) is 70.6 Å². The van der Waals surface area contributed by atoms with Crippen molar-refractivity contribution in [2.24, 2.45) is 12.0 Å². The minimum Gasteiger partial charge on any atom is -0.287 e. The molecule has 6 heteroatoms. The first-order valence-corrected chi connectivity index (χ1v) is 8.98. The lowest BCUT2D eigenvalue weighted by Gasteiger charge is -2.07. The molecule has 0 amide bonds. The molecule has 140 valence electrons. The molecule has 0 aliphatic rings. The molecule has 2 aromatic carbocycles. The van der Waals surface area contributed by atoms with Gasteiger partial charge in [0.25, 0.3) is 5.56 Å². The van der Waals surface area contributed by atoms with Crippen LogP contribution < -0.4 is 5.56 Å². The van der Waals surface area contributed by atoms with Crippen LogP contribution in [0.2, 0.25) is 0 Å². The van der Waals surface area contributed by atoms with Gasteiger partial charge in [-0.3, -0.25) is 18.8 Å². The number of benzene rings is 2. The third kappa shape index (κ3) is 2.79. The van der Waals surface area contributed by atoms with E-state index in [1.807, 2.05) is 68.6 Å². The fourth-order valence-corrected chi connectivity index (χ4v) is 3.41. The van der Waals surface area contributed by atoms with Crippen LogP contribution >= 0.6 is 0 Å². The highest BCUT2D eigenvalue weighted by atomic mass is 16.2. The minimum atomic E-state index is -0.183. The van der Waals surface area contributed by atoms with Crippen LogP contribution in [0.3, 0.4) is 0 Å². The second kappa shape index (κ2) is 6.81. The van der Waals surface area contributed by atoms with E-state index in [-0.39, 0.29) is 11.5 Å². The molecule has 0 fully saturated rings. The fourth-order valence-electron chi connectivity index (χ4n) is 3.41. The maximum Gasteiger partial charge on any atom is 0.297 e. The van der Waals surface area contributed by atoms with E-state index in [2.05, 4.69) is 4.99 Å². The van der Waals surface area contributed by atoms with E-state index in [1.54, 1.807) is 26.3 Å². The summed E-state index contributed by atoms with van der Waals surface area (Å²) >= 11 is 0. The summed E-state index contributed by atoms with van der Waals surface area (Å²) < 4.78 is 4.99. The number of nitrogens with zero attached hydrogens (tertiary/aromatic N) is 4. The van der Waals surface area contributed by atoms with Crippen molar-refractivity contribution < 1.29 is 4.79 Å². The van der Waals surface area contributed by atoms with Gasteiger partial charge in [0.15, 0.2) is 5.69 Å². The van der Waals surface area contributed by atoms with Gasteiger partial charge in [-0.2, -0.15) is 0 Å². The number of hydrogen-bond acceptors (Lipinski definition) is 3. The minimum absolute atomic E-state index is 0.0711. The first kappa shape index (κ1) is 17.7. The van der Waals surface area contributed by atoms with Gasteiger partial charge in [0, 0.05) is 37.3 Å². The average Bonchev–Trinajstić information content (AvgIpc) is 3.17. The smallest absolute Gasteiger partial charge is 0.287 e. The molecule has 0 saturated heterocycles. The Morgan fingerprint density at radius 3 is 2.43 bits per heavy atom. The Morgan fingerprint density at radius 2 is 1.71 bits per heavy atom. The van der Waals surface area contributed by atoms with E-state index >= 15 is 0 Å². The number of hydrogen-bond donors (Lipinski definition) is 0. The van der Waals surface area contributed by atoms with Crippen LogP contribution in [-0.4, -0.2) is 26.1 Å². The van der Waals surface area contributed by atoms with Gasteiger partial charge in [-0.05, 0) is 25.1 Å². The number of fused-ring (bicyclic) bond motifs is 1. The summed E-state index contributed by atoms with van der Waals surface area (Å²) in [4.78, 5) is 29.4. The van der Waals surface area contributed by atoms with Gasteiger partial charge < -0.3 is 0 Å². The molecular weight excluding hydrogens is 352 g/mol. The summed E-state index contributed by atoms with van der Waals surface area (Å²) in [6, 6.07) is 17.1. The molecule has 4 aromatic rings. The lowest BCUT2D eigenvalue weighted by atomic mass is 10.2. The highest BCUT2D eigenvalue weighted by molar-refractivity contribution is 6.03. The molecule has 0 atom stereocenters. The number of aromatic nitrogens is 3. The summed E-state index contributed by atoms with van der Waals surface area (Å²) in [7, 11) is 1.84. The molecule has 2 heterocycles. The van der Waals surface area contributed by atoms with Gasteiger partial charge in [0.1, 0.15) is 0 Å². The topological polar surface area (TPSA) is 61.3 Å². The van der Waals surface area contributed by atoms with Gasteiger partial charge >= 0.3 is 0 Å². The van der Waals surface area contributed by atoms with Crippen LogP contribution in [-0.2, 0) is 7.05 Å². The van der Waals surface area contributed by atoms with E-state index in [1.165, 1.54) is 6.92 Å². The van der Waals surface area contributed by atoms with Gasteiger partial charge in [-0.15, -0.1) is 0 Å². The SMILES string of the molecule is CC(=O)n1cc(C=Nc2c(C)n(C)n(-c3ccccc3)c2=O)c2ccccc21. The number of aliphatic imine (C=N–C) groups is 1. The van der Waals surface area contributed by atoms with E-state index in [4.69, 9.17) is 0 Å². The molecule has 0 unspecified atom stereocenters. The molecule has 0 N–H and O–H groups in total. The van der Waals surface area contributed by atoms with Crippen LogP contribution in [0.1, 0.15) is 23.0 Å². The quantitative estimate of drug-likeness (QED) is 0.513. The number of carbonyl (C=O) groups excluding carboxylic acids is 1. The van der Waals surface area contributed by atoms with E-state index in [0.29, 0.717) is 5.69 Å². The van der Waals surface area contributed by atoms with Gasteiger partial charge in [-0.25, -0.2) is 9.67 Å². The lowest BCUT2D eigenvalue weighted by molar-refractivity contribution is 0.0941. The average molecular weight is 372 g/mol. The molecule has 0 radical (unpaired) electrons. The fraction of sp³-hybridized carbons (Fsp3) is 0.136. The van der Waals surface area contributed by atoms with Crippen molar-refractivity contribution in [1.29, 1.82) is 0 Å². The summed E-state index contributed by atoms with van der Waals surface area (Å²) in [6.07, 6.45) is 3.41. The molecule has 6 nitrogen and oxygen atoms in total. The van der Waals surface area contributed by atoms with Crippen LogP contribution in [0.4, 0.5) is 5.69 Å². The largest absolute Gasteiger partial charge is 0.297 e. The molecule has 0 bridgehead atoms. The van der Waals surface area contributed by atoms with Crippen molar-refractivity contribution in [2.45, 2.75) is 13.8 Å². The van der Waals surface area contributed by atoms with Crippen molar-refractivity contribution in [3.63, 3.8) is 0 Å². The van der Waals surface area contributed by atoms with Crippen molar-refractivity contribution in [3.05, 3.63) is 82.4 Å². The maximum atomic E-state index is 13.0. The van der Waals surface area contributed by atoms with Gasteiger partial charge in [0.2, 0.25) is 5.91 Å². The molecule has 4 rings (SSSR count). The molecule has 0 spiro atoms. The van der Waals surface area contributed by atoms with Crippen molar-refractivity contribution in [1.82, 2.24) is 13.9 Å². The zero-order valence-corrected chi connectivity index (χ0v) is 16.0. The normalized spacial score (nSPS) is 11.5. The summed E-state index contributed by atoms with van der Waals surface area (Å²) in [6.45, 7) is 3.39. The van der Waals surface area contributed by atoms with E-state index in [9.17, 15) is 9.59 Å². The highest BCUT2D eigenvalue weighted by Crippen LogP contribution is 2.22. The molecule has 28 heavy (non-hydrogen) atoms. The van der Waals surface area contributed by atoms with Crippen molar-refractivity contribution >= 4 is 28.7 Å². The zero-order chi connectivity index (χ0) is 19.8. The monoisotopic (exact) mass is 372 g/mol. The molecule has 0 aliphatic carbocycles. The predicted molar refractivity (Wildman–Crippen MR) is 111 cm³/mol. The Morgan fingerprint density at radius 1 is 1.04 bits per heavy atom. The Bertz CT molecular complexity index is 1270. The number of para-hydroxylation sites is 2. The van der Waals surface area contributed by atoms with Crippen LogP contribution in [0.25, 0.3) is 16.6 Å². The third-order valence-corrected chi connectivity index (χ3v) is 4.94. The standard InChI is InChI=1S/C22H20N4O2/c1-15-21(22(28)26(24(15)3)18-9-5-4-6-10-18)23-13-17-14-25(16(2)27)20-12-8-7-11-19(17)20/h4-14H,1-3H3. The first-order chi connectivity index (χ1) is 13.5. The molecular formula is C22H20N4O2. The van der Waals surface area contributed by atoms with E-state index in [0.717, 1.165) is 27.8 Å². The Hall–Kier alpha value is -3.67. The maximum absolute atomic E-state index is 13.0. The highest BCUT2D eigenvalue weighted by Gasteiger charge is 2.15. The summed E-state index contributed by atoms with van der Waals surface area (Å²) in [5.74, 6) is -0.0711. The van der Waals surface area contributed by atoms with E-state index < -0.39 is 0 Å². The number of rotatable bonds is 3. The third-order valence-electron chi connectivity index (χ3n) is 4.94. The molecule has 2 aromatic heterocycles. The van der Waals surface area contributed by atoms with Crippen LogP contribution in [0, 0.1) is 6.92 Å². The van der Waals surface area contributed by atoms with Gasteiger partial charge in [0.05, 0.1) is 16.9 Å². The number of carbonyl (C=O) groups is 1. The second-order valence-corrected chi connectivity index (χ2v) is 6.66. The van der Waals surface area contributed by atoms with Crippen molar-refractivity contribution in [3.8, 4) is 5.69 Å². The Balaban J connectivity index is 1.83. The zero-order valence-electron chi connectivity index (χ0n) is 16.0. The summed E-state index contributed by atoms with van der Waals surface area (Å²) in [5.41, 5.74) is 3.36. The second-order valence-electron chi connectivity index (χ2n) is 6.66. The Labute approximate surface area is 162 Å². The van der Waals surface area contributed by atoms with Crippen molar-refractivity contribution in [2.75, 3.05) is 0 Å². The Kier molecular flexibility index (Phi) is 4.31. The lowest BCUT2D eigenvalue weighted by Crippen LogP contribution is -2.19. The predicted octanol–water partition coefficient (Wildman–Crippen LogP) is 3.85. The summed E-state index contributed by atoms with van der Waals surface area (Å²) in [5, 5.41) is 0.915. The first-order valence-electron chi connectivity index (χ1n) is 8.98. The van der Waals surface area contributed by atoms with Crippen LogP contribution in [0.5, 0.6) is 0 Å². The molecule has 0 saturated carbocycles.